The maximum Gasteiger partial charge on any atom is 0.328 e. The van der Waals surface area contributed by atoms with Gasteiger partial charge in [0.2, 0.25) is 11.6 Å². The first kappa shape index (κ1) is 13.2. The summed E-state index contributed by atoms with van der Waals surface area (Å²) in [4.78, 5) is 26.3. The summed E-state index contributed by atoms with van der Waals surface area (Å²) < 4.78 is 0.897. The molecule has 2 aromatic rings. The van der Waals surface area contributed by atoms with Gasteiger partial charge in [0, 0.05) is 4.47 Å². The fourth-order valence-electron chi connectivity index (χ4n) is 1.40. The van der Waals surface area contributed by atoms with Crippen LogP contribution in [0, 0.1) is 6.92 Å². The summed E-state index contributed by atoms with van der Waals surface area (Å²) in [5, 5.41) is 17.0. The number of rotatable bonds is 2. The van der Waals surface area contributed by atoms with E-state index < -0.39 is 17.1 Å². The van der Waals surface area contributed by atoms with Gasteiger partial charge in [-0.3, -0.25) is 14.8 Å². The standard InChI is InChI=1S/C11H9BrN4O3/c1-5-4-6(12)2-3-7(5)15-16-8-9(17)13-11(19)14-10(8)18/h2-4H,1H3,(H3,13,14,17,18,19). The fourth-order valence-corrected chi connectivity index (χ4v) is 1.87. The fraction of sp³-hybridized carbons (Fsp3) is 0.0909. The quantitative estimate of drug-likeness (QED) is 0.736. The number of aryl methyl sites for hydroxylation is 1. The normalized spacial score (nSPS) is 11.1. The van der Waals surface area contributed by atoms with Crippen LogP contribution in [0.2, 0.25) is 0 Å². The lowest BCUT2D eigenvalue weighted by Crippen LogP contribution is -2.20. The summed E-state index contributed by atoms with van der Waals surface area (Å²) in [6.45, 7) is 1.83. The minimum absolute atomic E-state index is 0.345. The number of benzene rings is 1. The van der Waals surface area contributed by atoms with Crippen LogP contribution in [-0.2, 0) is 0 Å². The number of hydrogen-bond acceptors (Lipinski definition) is 5. The molecule has 1 aromatic heterocycles. The minimum atomic E-state index is -0.806. The van der Waals surface area contributed by atoms with Gasteiger partial charge in [-0.15, -0.1) is 10.2 Å². The molecule has 0 unspecified atom stereocenters. The molecule has 1 heterocycles. The molecule has 3 N–H and O–H groups in total. The van der Waals surface area contributed by atoms with Gasteiger partial charge >= 0.3 is 5.69 Å². The van der Waals surface area contributed by atoms with E-state index in [4.69, 9.17) is 0 Å². The van der Waals surface area contributed by atoms with Gasteiger partial charge in [-0.05, 0) is 30.7 Å². The number of aromatic hydroxyl groups is 1. The largest absolute Gasteiger partial charge is 0.493 e. The zero-order chi connectivity index (χ0) is 14.0. The molecule has 98 valence electrons. The Balaban J connectivity index is 2.44. The Labute approximate surface area is 115 Å². The summed E-state index contributed by atoms with van der Waals surface area (Å²) in [5.41, 5.74) is -0.561. The molecule has 0 aliphatic carbocycles. The van der Waals surface area contributed by atoms with E-state index in [0.717, 1.165) is 10.0 Å². The van der Waals surface area contributed by atoms with Crippen molar-refractivity contribution in [3.63, 3.8) is 0 Å². The summed E-state index contributed by atoms with van der Waals surface area (Å²) in [6, 6.07) is 5.32. The van der Waals surface area contributed by atoms with Crippen molar-refractivity contribution in [2.75, 3.05) is 0 Å². The van der Waals surface area contributed by atoms with Gasteiger partial charge in [-0.2, -0.15) is 0 Å². The third-order valence-electron chi connectivity index (χ3n) is 2.31. The van der Waals surface area contributed by atoms with Crippen LogP contribution in [0.3, 0.4) is 0 Å². The minimum Gasteiger partial charge on any atom is -0.493 e. The third-order valence-corrected chi connectivity index (χ3v) is 2.81. The molecule has 0 fully saturated rings. The first-order valence-electron chi connectivity index (χ1n) is 5.21. The van der Waals surface area contributed by atoms with Crippen LogP contribution < -0.4 is 11.2 Å². The topological polar surface area (TPSA) is 111 Å². The number of nitrogens with zero attached hydrogens (tertiary/aromatic N) is 2. The second kappa shape index (κ2) is 5.19. The Bertz CT molecular complexity index is 763. The van der Waals surface area contributed by atoms with Crippen LogP contribution in [-0.4, -0.2) is 15.1 Å². The van der Waals surface area contributed by atoms with Crippen molar-refractivity contribution in [3.8, 4) is 5.88 Å². The molecule has 1 aromatic carbocycles. The van der Waals surface area contributed by atoms with Gasteiger partial charge < -0.3 is 5.11 Å². The molecule has 0 bridgehead atoms. The predicted octanol–water partition coefficient (Wildman–Crippen LogP) is 2.26. The highest BCUT2D eigenvalue weighted by atomic mass is 79.9. The number of aromatic nitrogens is 2. The molecular formula is C11H9BrN4O3. The summed E-state index contributed by atoms with van der Waals surface area (Å²) >= 11 is 3.32. The first-order valence-corrected chi connectivity index (χ1v) is 6.00. The Morgan fingerprint density at radius 2 is 1.95 bits per heavy atom. The van der Waals surface area contributed by atoms with E-state index in [2.05, 4.69) is 26.2 Å². The van der Waals surface area contributed by atoms with Gasteiger partial charge in [0.25, 0.3) is 5.56 Å². The molecule has 2 rings (SSSR count). The Hall–Kier alpha value is -2.22. The maximum atomic E-state index is 11.4. The predicted molar refractivity (Wildman–Crippen MR) is 72.4 cm³/mol. The lowest BCUT2D eigenvalue weighted by molar-refractivity contribution is 0.450. The highest BCUT2D eigenvalue weighted by Crippen LogP contribution is 2.25. The van der Waals surface area contributed by atoms with Crippen molar-refractivity contribution < 1.29 is 5.11 Å². The van der Waals surface area contributed by atoms with Crippen molar-refractivity contribution in [1.29, 1.82) is 0 Å². The third kappa shape index (κ3) is 2.97. The van der Waals surface area contributed by atoms with Crippen LogP contribution in [0.1, 0.15) is 5.56 Å². The number of H-pyrrole nitrogens is 2. The summed E-state index contributed by atoms with van der Waals surface area (Å²) in [7, 11) is 0. The molecule has 8 heteroatoms. The van der Waals surface area contributed by atoms with Crippen LogP contribution >= 0.6 is 15.9 Å². The number of halogens is 1. The molecule has 0 radical (unpaired) electrons. The molecule has 0 saturated heterocycles. The van der Waals surface area contributed by atoms with E-state index in [0.29, 0.717) is 5.69 Å². The Morgan fingerprint density at radius 3 is 2.58 bits per heavy atom. The van der Waals surface area contributed by atoms with Crippen LogP contribution in [0.15, 0.2) is 42.5 Å². The van der Waals surface area contributed by atoms with Gasteiger partial charge in [0.15, 0.2) is 0 Å². The van der Waals surface area contributed by atoms with E-state index in [1.165, 1.54) is 0 Å². The molecule has 0 atom stereocenters. The van der Waals surface area contributed by atoms with Gasteiger partial charge in [0.05, 0.1) is 5.69 Å². The summed E-state index contributed by atoms with van der Waals surface area (Å²) in [5.74, 6) is -0.618. The Kier molecular flexibility index (Phi) is 3.61. The van der Waals surface area contributed by atoms with Crippen molar-refractivity contribution in [2.45, 2.75) is 6.92 Å². The van der Waals surface area contributed by atoms with Crippen LogP contribution in [0.4, 0.5) is 11.4 Å². The van der Waals surface area contributed by atoms with Crippen molar-refractivity contribution in [3.05, 3.63) is 49.1 Å². The van der Waals surface area contributed by atoms with Crippen molar-refractivity contribution >= 4 is 27.3 Å². The molecule has 7 nitrogen and oxygen atoms in total. The zero-order valence-electron chi connectivity index (χ0n) is 9.77. The zero-order valence-corrected chi connectivity index (χ0v) is 11.4. The molecular weight excluding hydrogens is 316 g/mol. The average Bonchev–Trinajstić information content (AvgIpc) is 2.30. The van der Waals surface area contributed by atoms with E-state index in [1.807, 2.05) is 23.0 Å². The molecule has 0 aliphatic heterocycles. The van der Waals surface area contributed by atoms with E-state index in [9.17, 15) is 14.7 Å². The summed E-state index contributed by atoms with van der Waals surface area (Å²) in [6.07, 6.45) is 0. The van der Waals surface area contributed by atoms with E-state index >= 15 is 0 Å². The molecule has 0 spiro atoms. The number of hydrogen-bond donors (Lipinski definition) is 3. The lowest BCUT2D eigenvalue weighted by Gasteiger charge is -1.99. The number of aromatic amines is 2. The number of nitrogens with one attached hydrogen (secondary N) is 2. The number of azo groups is 1. The van der Waals surface area contributed by atoms with Gasteiger partial charge in [-0.1, -0.05) is 15.9 Å². The molecule has 0 amide bonds. The molecule has 19 heavy (non-hydrogen) atoms. The highest BCUT2D eigenvalue weighted by Gasteiger charge is 2.07. The van der Waals surface area contributed by atoms with Crippen LogP contribution in [0.5, 0.6) is 5.88 Å². The first-order chi connectivity index (χ1) is 8.97. The average molecular weight is 325 g/mol. The van der Waals surface area contributed by atoms with E-state index in [-0.39, 0.29) is 5.69 Å². The van der Waals surface area contributed by atoms with Crippen molar-refractivity contribution in [2.24, 2.45) is 10.2 Å². The lowest BCUT2D eigenvalue weighted by atomic mass is 10.2. The second-order valence-electron chi connectivity index (χ2n) is 3.74. The molecule has 0 aliphatic rings. The highest BCUT2D eigenvalue weighted by molar-refractivity contribution is 9.10. The van der Waals surface area contributed by atoms with Gasteiger partial charge in [0.1, 0.15) is 0 Å². The smallest absolute Gasteiger partial charge is 0.328 e. The second-order valence-corrected chi connectivity index (χ2v) is 4.65. The Morgan fingerprint density at radius 1 is 1.21 bits per heavy atom. The SMILES string of the molecule is Cc1cc(Br)ccc1N=Nc1c(O)[nH]c(=O)[nH]c1=O. The molecule has 0 saturated carbocycles. The monoisotopic (exact) mass is 324 g/mol. The van der Waals surface area contributed by atoms with Crippen molar-refractivity contribution in [1.82, 2.24) is 9.97 Å². The van der Waals surface area contributed by atoms with E-state index in [1.54, 1.807) is 12.1 Å². The maximum absolute atomic E-state index is 11.4. The van der Waals surface area contributed by atoms with Crippen LogP contribution in [0.25, 0.3) is 0 Å². The van der Waals surface area contributed by atoms with Gasteiger partial charge in [-0.25, -0.2) is 4.79 Å².